The first-order chi connectivity index (χ1) is 12.1. The molecule has 0 aromatic heterocycles. The highest BCUT2D eigenvalue weighted by Crippen LogP contribution is 2.33. The minimum atomic E-state index is -0.495. The predicted octanol–water partition coefficient (Wildman–Crippen LogP) is 3.75. The molecule has 1 aliphatic rings. The molecule has 8 heteroatoms. The fourth-order valence-electron chi connectivity index (χ4n) is 3.16. The van der Waals surface area contributed by atoms with Crippen LogP contribution in [0, 0.1) is 13.8 Å². The lowest BCUT2D eigenvalue weighted by Crippen LogP contribution is -2.50. The standard InChI is InChI=1S/C18H28N6O2/c1-12-14(11-21-22-20)10-15(19)13(2)16(12)23-6-8-24(9-7-23)17(25)26-18(3,4)5/h10H,6-9,11,19H2,1-5H3. The number of rotatable bonds is 3. The largest absolute Gasteiger partial charge is 0.444 e. The fourth-order valence-corrected chi connectivity index (χ4v) is 3.16. The van der Waals surface area contributed by atoms with Gasteiger partial charge in [-0.2, -0.15) is 0 Å². The zero-order valence-corrected chi connectivity index (χ0v) is 16.2. The van der Waals surface area contributed by atoms with Gasteiger partial charge in [-0.25, -0.2) is 4.79 Å². The molecule has 0 bridgehead atoms. The topological polar surface area (TPSA) is 108 Å². The van der Waals surface area contributed by atoms with E-state index in [1.165, 1.54) is 0 Å². The van der Waals surface area contributed by atoms with E-state index in [1.54, 1.807) is 4.90 Å². The fraction of sp³-hybridized carbons (Fsp3) is 0.611. The van der Waals surface area contributed by atoms with Crippen molar-refractivity contribution in [1.82, 2.24) is 4.90 Å². The summed E-state index contributed by atoms with van der Waals surface area (Å²) in [7, 11) is 0. The molecule has 1 aliphatic heterocycles. The van der Waals surface area contributed by atoms with Gasteiger partial charge in [0.2, 0.25) is 0 Å². The zero-order valence-electron chi connectivity index (χ0n) is 16.2. The Morgan fingerprint density at radius 3 is 2.42 bits per heavy atom. The maximum absolute atomic E-state index is 12.2. The van der Waals surface area contributed by atoms with Gasteiger partial charge in [0, 0.05) is 42.5 Å². The average Bonchev–Trinajstić information content (AvgIpc) is 2.56. The molecule has 142 valence electrons. The Morgan fingerprint density at radius 2 is 1.88 bits per heavy atom. The van der Waals surface area contributed by atoms with Crippen LogP contribution in [0.25, 0.3) is 10.4 Å². The first-order valence-electron chi connectivity index (χ1n) is 8.76. The Kier molecular flexibility index (Phi) is 5.87. The smallest absolute Gasteiger partial charge is 0.410 e. The molecule has 1 heterocycles. The van der Waals surface area contributed by atoms with Crippen LogP contribution in [0.15, 0.2) is 11.2 Å². The van der Waals surface area contributed by atoms with E-state index in [1.807, 2.05) is 40.7 Å². The van der Waals surface area contributed by atoms with E-state index in [2.05, 4.69) is 14.9 Å². The first-order valence-corrected chi connectivity index (χ1v) is 8.76. The molecule has 8 nitrogen and oxygen atoms in total. The van der Waals surface area contributed by atoms with Crippen molar-refractivity contribution in [2.75, 3.05) is 36.8 Å². The molecule has 0 atom stereocenters. The van der Waals surface area contributed by atoms with E-state index in [4.69, 9.17) is 16.0 Å². The summed E-state index contributed by atoms with van der Waals surface area (Å²) in [5.41, 5.74) is 19.0. The Balaban J connectivity index is 2.17. The van der Waals surface area contributed by atoms with Crippen LogP contribution >= 0.6 is 0 Å². The van der Waals surface area contributed by atoms with E-state index < -0.39 is 5.60 Å². The number of nitrogen functional groups attached to an aromatic ring is 1. The Labute approximate surface area is 154 Å². The van der Waals surface area contributed by atoms with Crippen molar-refractivity contribution in [1.29, 1.82) is 0 Å². The van der Waals surface area contributed by atoms with Gasteiger partial charge in [0.1, 0.15) is 5.60 Å². The van der Waals surface area contributed by atoms with Gasteiger partial charge >= 0.3 is 6.09 Å². The van der Waals surface area contributed by atoms with Gasteiger partial charge in [-0.15, -0.1) is 0 Å². The number of carbonyl (C=O) groups is 1. The Hall–Kier alpha value is -2.60. The number of azide groups is 1. The van der Waals surface area contributed by atoms with E-state index in [9.17, 15) is 4.79 Å². The molecule has 1 saturated heterocycles. The zero-order chi connectivity index (χ0) is 19.5. The molecule has 2 N–H and O–H groups in total. The van der Waals surface area contributed by atoms with Gasteiger partial charge in [-0.3, -0.25) is 0 Å². The van der Waals surface area contributed by atoms with Crippen LogP contribution < -0.4 is 10.6 Å². The molecular weight excluding hydrogens is 332 g/mol. The summed E-state index contributed by atoms with van der Waals surface area (Å²) in [6, 6.07) is 1.87. The van der Waals surface area contributed by atoms with Crippen molar-refractivity contribution >= 4 is 17.5 Å². The molecule has 0 saturated carbocycles. The third kappa shape index (κ3) is 4.52. The summed E-state index contributed by atoms with van der Waals surface area (Å²) in [5, 5.41) is 3.67. The number of benzene rings is 1. The number of nitrogens with two attached hydrogens (primary N) is 1. The lowest BCUT2D eigenvalue weighted by atomic mass is 9.99. The van der Waals surface area contributed by atoms with Gasteiger partial charge < -0.3 is 20.3 Å². The maximum atomic E-state index is 12.2. The lowest BCUT2D eigenvalue weighted by Gasteiger charge is -2.38. The van der Waals surface area contributed by atoms with Crippen molar-refractivity contribution in [2.24, 2.45) is 5.11 Å². The van der Waals surface area contributed by atoms with Crippen LogP contribution in [0.4, 0.5) is 16.2 Å². The van der Waals surface area contributed by atoms with Crippen molar-refractivity contribution in [2.45, 2.75) is 46.8 Å². The third-order valence-electron chi connectivity index (χ3n) is 4.51. The minimum Gasteiger partial charge on any atom is -0.444 e. The van der Waals surface area contributed by atoms with Crippen LogP contribution in [0.1, 0.15) is 37.5 Å². The number of nitrogens with zero attached hydrogens (tertiary/aromatic N) is 5. The molecule has 1 aromatic carbocycles. The summed E-state index contributed by atoms with van der Waals surface area (Å²) >= 11 is 0. The van der Waals surface area contributed by atoms with E-state index in [0.29, 0.717) is 31.9 Å². The SMILES string of the molecule is Cc1c(N)cc(CN=[N+]=[N-])c(C)c1N1CCN(C(=O)OC(C)(C)C)CC1. The molecule has 1 amide bonds. The quantitative estimate of drug-likeness (QED) is 0.383. The summed E-state index contributed by atoms with van der Waals surface area (Å²) in [4.78, 5) is 19.0. The summed E-state index contributed by atoms with van der Waals surface area (Å²) in [6.45, 7) is 12.5. The normalized spacial score (nSPS) is 14.8. The van der Waals surface area contributed by atoms with Crippen molar-refractivity contribution in [3.63, 3.8) is 0 Å². The highest BCUT2D eigenvalue weighted by atomic mass is 16.6. The molecule has 1 aromatic rings. The maximum Gasteiger partial charge on any atom is 0.410 e. The number of piperazine rings is 1. The van der Waals surface area contributed by atoms with E-state index in [-0.39, 0.29) is 12.6 Å². The highest BCUT2D eigenvalue weighted by molar-refractivity contribution is 5.72. The lowest BCUT2D eigenvalue weighted by molar-refractivity contribution is 0.0240. The number of hydrogen-bond acceptors (Lipinski definition) is 5. The second kappa shape index (κ2) is 7.74. The number of carbonyl (C=O) groups excluding carboxylic acids is 1. The number of anilines is 2. The van der Waals surface area contributed by atoms with Gasteiger partial charge in [0.15, 0.2) is 0 Å². The average molecular weight is 360 g/mol. The molecular formula is C18H28N6O2. The summed E-state index contributed by atoms with van der Waals surface area (Å²) in [5.74, 6) is 0. The van der Waals surface area contributed by atoms with E-state index >= 15 is 0 Å². The molecule has 1 fully saturated rings. The van der Waals surface area contributed by atoms with Crippen LogP contribution in [-0.4, -0.2) is 42.8 Å². The monoisotopic (exact) mass is 360 g/mol. The number of ether oxygens (including phenoxy) is 1. The van der Waals surface area contributed by atoms with Crippen molar-refractivity contribution in [3.05, 3.63) is 33.2 Å². The first kappa shape index (κ1) is 19.7. The molecule has 0 radical (unpaired) electrons. The second-order valence-electron chi connectivity index (χ2n) is 7.57. The van der Waals surface area contributed by atoms with Crippen LogP contribution in [-0.2, 0) is 11.3 Å². The number of hydrogen-bond donors (Lipinski definition) is 1. The molecule has 26 heavy (non-hydrogen) atoms. The number of amides is 1. The van der Waals surface area contributed by atoms with Crippen LogP contribution in [0.2, 0.25) is 0 Å². The Bertz CT molecular complexity index is 726. The summed E-state index contributed by atoms with van der Waals surface area (Å²) in [6.07, 6.45) is -0.276. The predicted molar refractivity (Wildman–Crippen MR) is 103 cm³/mol. The highest BCUT2D eigenvalue weighted by Gasteiger charge is 2.27. The van der Waals surface area contributed by atoms with Crippen LogP contribution in [0.3, 0.4) is 0 Å². The van der Waals surface area contributed by atoms with Gasteiger partial charge in [0.05, 0.1) is 6.54 Å². The molecule has 0 aliphatic carbocycles. The van der Waals surface area contributed by atoms with E-state index in [0.717, 1.165) is 22.4 Å². The van der Waals surface area contributed by atoms with Gasteiger partial charge in [0.25, 0.3) is 0 Å². The van der Waals surface area contributed by atoms with Gasteiger partial charge in [-0.1, -0.05) is 5.11 Å². The Morgan fingerprint density at radius 1 is 1.27 bits per heavy atom. The van der Waals surface area contributed by atoms with Crippen LogP contribution in [0.5, 0.6) is 0 Å². The third-order valence-corrected chi connectivity index (χ3v) is 4.51. The van der Waals surface area contributed by atoms with Crippen molar-refractivity contribution < 1.29 is 9.53 Å². The summed E-state index contributed by atoms with van der Waals surface area (Å²) < 4.78 is 5.45. The second-order valence-corrected chi connectivity index (χ2v) is 7.57. The minimum absolute atomic E-state index is 0.275. The molecule has 0 unspecified atom stereocenters. The molecule has 0 spiro atoms. The molecule has 2 rings (SSSR count). The van der Waals surface area contributed by atoms with Gasteiger partial charge in [-0.05, 0) is 62.9 Å². The van der Waals surface area contributed by atoms with Crippen molar-refractivity contribution in [3.8, 4) is 0 Å².